The van der Waals surface area contributed by atoms with Crippen LogP contribution in [0.3, 0.4) is 0 Å². The maximum absolute atomic E-state index is 14.3. The van der Waals surface area contributed by atoms with Gasteiger partial charge in [0.05, 0.1) is 52.5 Å². The molecule has 0 spiro atoms. The fourth-order valence-electron chi connectivity index (χ4n) is 10.4. The number of aliphatic hydroxyl groups excluding tert-OH is 2. The van der Waals surface area contributed by atoms with Crippen molar-refractivity contribution in [2.75, 3.05) is 83.0 Å². The molecule has 1 rings (SSSR count). The zero-order valence-corrected chi connectivity index (χ0v) is 69.0. The minimum atomic E-state index is -1.72. The van der Waals surface area contributed by atoms with Crippen LogP contribution in [0.4, 0.5) is 0 Å². The number of hydrogen-bond acceptors (Lipinski definition) is 25. The Balaban J connectivity index is 3.09. The lowest BCUT2D eigenvalue weighted by Crippen LogP contribution is -2.59. The first kappa shape index (κ1) is 103. The number of nitrogens with zero attached hydrogens (tertiary/aromatic N) is 1. The maximum atomic E-state index is 14.3. The first-order valence-corrected chi connectivity index (χ1v) is 40.2. The number of carboxylic acids is 1. The standard InChI is InChI=1S/C71H119N21O22S2/c1-35(2)24-46(83-54(99)30-77-53(98)29-80-68(111)57(37(5)6)92-69(112)58(38(7)8)91-60(103)39(9)81-51(96)27-72)61(104)78-28-52(97)76-31-55(100)84-48(26-41-15-17-42(95)18-16-41)65(108)87-44(20-23-116-12)63(106)89-47(25-36(3)4)62(105)79-32-56(101)85-49(33-93)66(109)82-40(10)59(102)86-43(19-22-115-11)64(107)90-50(34-94)67(110)88-45(70(113)114)14-13-21-75-71(73)74/h15-18,35-40,43-50,57-58,93-95H,13-14,19-34,72H2,1-12H3,(H,76,97)(H,77,98)(H,78,104)(H,79,105)(H,80,111)(H,81,96)(H,82,109)(H,83,99)(H,84,100)(H,85,101)(H,86,102)(H,87,108)(H,88,110)(H,89,106)(H,90,107)(H,91,103)(H,92,112)(H,113,114)(H4,73,74,75)/t39-,40-,43-,44-,45-,46-,47-,48-,49-,50-,57-,58-/m0/s1. The Labute approximate surface area is 681 Å². The Hall–Kier alpha value is -10.7. The summed E-state index contributed by atoms with van der Waals surface area (Å²) in [5, 5.41) is 80.9. The average Bonchev–Trinajstić information content (AvgIpc) is 0.864. The minimum absolute atomic E-state index is 0.0174. The number of carbonyl (C=O) groups excluding carboxylic acids is 17. The molecule has 652 valence electrons. The van der Waals surface area contributed by atoms with Crippen molar-refractivity contribution in [3.05, 3.63) is 29.8 Å². The Bertz CT molecular complexity index is 3520. The lowest BCUT2D eigenvalue weighted by molar-refractivity contribution is -0.143. The first-order valence-electron chi connectivity index (χ1n) is 37.4. The van der Waals surface area contributed by atoms with Crippen molar-refractivity contribution in [3.63, 3.8) is 0 Å². The summed E-state index contributed by atoms with van der Waals surface area (Å²) in [6.07, 6.45) is 3.20. The zero-order valence-electron chi connectivity index (χ0n) is 67.4. The second kappa shape index (κ2) is 55.0. The summed E-state index contributed by atoms with van der Waals surface area (Å²) >= 11 is 2.59. The van der Waals surface area contributed by atoms with Gasteiger partial charge in [0.25, 0.3) is 0 Å². The number of carbonyl (C=O) groups is 18. The number of phenols is 1. The lowest BCUT2D eigenvalue weighted by atomic mass is 9.99. The van der Waals surface area contributed by atoms with Crippen LogP contribution in [0.25, 0.3) is 0 Å². The molecule has 1 aromatic rings. The van der Waals surface area contributed by atoms with Crippen LogP contribution >= 0.6 is 23.5 Å². The second-order valence-electron chi connectivity index (χ2n) is 28.4. The van der Waals surface area contributed by atoms with Crippen molar-refractivity contribution >= 4 is 136 Å². The zero-order chi connectivity index (χ0) is 88.1. The van der Waals surface area contributed by atoms with Crippen molar-refractivity contribution in [2.24, 2.45) is 45.9 Å². The van der Waals surface area contributed by atoms with Crippen LogP contribution in [-0.4, -0.2) is 288 Å². The van der Waals surface area contributed by atoms with Crippen molar-refractivity contribution in [1.29, 1.82) is 0 Å². The maximum Gasteiger partial charge on any atom is 0.326 e. The summed E-state index contributed by atoms with van der Waals surface area (Å²) in [7, 11) is 0. The molecular weight excluding hydrogens is 1560 g/mol. The number of aromatic hydroxyl groups is 1. The van der Waals surface area contributed by atoms with Gasteiger partial charge in [-0.1, -0.05) is 67.5 Å². The summed E-state index contributed by atoms with van der Waals surface area (Å²) in [6.45, 7) is 10.2. The Morgan fingerprint density at radius 1 is 0.388 bits per heavy atom. The summed E-state index contributed by atoms with van der Waals surface area (Å²) in [5.74, 6) is -17.5. The van der Waals surface area contributed by atoms with E-state index in [1.165, 1.54) is 61.6 Å². The van der Waals surface area contributed by atoms with Gasteiger partial charge >= 0.3 is 5.97 Å². The van der Waals surface area contributed by atoms with Crippen LogP contribution in [0.15, 0.2) is 29.3 Å². The molecule has 0 radical (unpaired) electrons. The predicted molar refractivity (Wildman–Crippen MR) is 427 cm³/mol. The highest BCUT2D eigenvalue weighted by molar-refractivity contribution is 7.98. The molecule has 0 saturated heterocycles. The quantitative estimate of drug-likeness (QED) is 0.0164. The molecule has 0 fully saturated rings. The number of amides is 17. The number of hydrogen-bond donors (Lipinski definition) is 24. The Morgan fingerprint density at radius 2 is 0.750 bits per heavy atom. The van der Waals surface area contributed by atoms with Gasteiger partial charge in [-0.3, -0.25) is 86.5 Å². The van der Waals surface area contributed by atoms with Gasteiger partial charge in [-0.15, -0.1) is 0 Å². The van der Waals surface area contributed by atoms with E-state index in [1.54, 1.807) is 67.9 Å². The van der Waals surface area contributed by atoms with E-state index in [0.717, 1.165) is 0 Å². The molecule has 45 heteroatoms. The molecular formula is C71H119N21O22S2. The molecule has 0 aromatic heterocycles. The average molecular weight is 1680 g/mol. The highest BCUT2D eigenvalue weighted by Crippen LogP contribution is 2.15. The van der Waals surface area contributed by atoms with Gasteiger partial charge in [0.2, 0.25) is 100 Å². The highest BCUT2D eigenvalue weighted by atomic mass is 32.2. The molecule has 12 atom stereocenters. The SMILES string of the molecule is CSCC[C@H](NC(=O)[C@H](C)NC(=O)[C@H](CO)NC(=O)CNC(=O)[C@H](CC(C)C)NC(=O)[C@H](CCSC)NC(=O)[C@H](Cc1ccc(O)cc1)NC(=O)CNC(=O)CNC(=O)[C@H](CC(C)C)NC(=O)CNC(=O)CNC(=O)[C@@H](NC(=O)[C@@H](NC(=O)[C@H](C)NC(=O)CN)C(C)C)C(C)C)C(=O)N[C@@H](CO)C(=O)N[C@@H](CCCN=C(N)N)C(=O)O. The Kier molecular flexibility index (Phi) is 49.0. The number of aliphatic hydroxyl groups is 2. The minimum Gasteiger partial charge on any atom is -0.508 e. The van der Waals surface area contributed by atoms with Crippen LogP contribution in [0.1, 0.15) is 113 Å². The van der Waals surface area contributed by atoms with Crippen molar-refractivity contribution in [3.8, 4) is 5.75 Å². The number of guanidine groups is 1. The third kappa shape index (κ3) is 41.6. The van der Waals surface area contributed by atoms with Crippen LogP contribution in [-0.2, 0) is 92.7 Å². The van der Waals surface area contributed by atoms with Gasteiger partial charge in [-0.2, -0.15) is 23.5 Å². The summed E-state index contributed by atoms with van der Waals surface area (Å²) in [6, 6.07) is -10.9. The number of thioether (sulfide) groups is 2. The van der Waals surface area contributed by atoms with Gasteiger partial charge in [0.1, 0.15) is 78.3 Å². The molecule has 0 heterocycles. The van der Waals surface area contributed by atoms with Gasteiger partial charge in [-0.05, 0) is 118 Å². The monoisotopic (exact) mass is 1680 g/mol. The number of rotatable bonds is 55. The summed E-state index contributed by atoms with van der Waals surface area (Å²) in [5.41, 5.74) is 16.3. The molecule has 0 aliphatic carbocycles. The van der Waals surface area contributed by atoms with Crippen LogP contribution in [0, 0.1) is 23.7 Å². The topological polar surface area (TPSA) is 683 Å². The van der Waals surface area contributed by atoms with Crippen molar-refractivity contribution in [1.82, 2.24) is 90.4 Å². The molecule has 116 heavy (non-hydrogen) atoms. The third-order valence-corrected chi connectivity index (χ3v) is 18.1. The number of nitrogens with two attached hydrogens (primary N) is 3. The molecule has 0 saturated carbocycles. The van der Waals surface area contributed by atoms with Crippen molar-refractivity contribution < 1.29 is 107 Å². The van der Waals surface area contributed by atoms with E-state index in [2.05, 4.69) is 95.4 Å². The van der Waals surface area contributed by atoms with Crippen LogP contribution < -0.4 is 108 Å². The number of phenolic OH excluding ortho intramolecular Hbond substituents is 1. The molecule has 0 unspecified atom stereocenters. The number of aliphatic carboxylic acids is 1. The molecule has 0 bridgehead atoms. The van der Waals surface area contributed by atoms with Gasteiger partial charge in [0.15, 0.2) is 5.96 Å². The highest BCUT2D eigenvalue weighted by Gasteiger charge is 2.36. The molecule has 0 aliphatic heterocycles. The molecule has 0 aliphatic rings. The van der Waals surface area contributed by atoms with E-state index in [-0.39, 0.29) is 93.1 Å². The largest absolute Gasteiger partial charge is 0.508 e. The molecule has 43 nitrogen and oxygen atoms in total. The van der Waals surface area contributed by atoms with E-state index in [9.17, 15) is 107 Å². The molecule has 27 N–H and O–H groups in total. The number of aliphatic imine (C=N–C) groups is 1. The molecule has 1 aromatic carbocycles. The fraction of sp³-hybridized carbons (Fsp3) is 0.648. The predicted octanol–water partition coefficient (Wildman–Crippen LogP) is -8.63. The number of carboxylic acid groups (broad SMARTS) is 1. The lowest BCUT2D eigenvalue weighted by Gasteiger charge is -2.27. The van der Waals surface area contributed by atoms with Crippen molar-refractivity contribution in [2.45, 2.75) is 187 Å². The molecule has 17 amide bonds. The smallest absolute Gasteiger partial charge is 0.326 e. The van der Waals surface area contributed by atoms with E-state index in [4.69, 9.17) is 17.2 Å². The van der Waals surface area contributed by atoms with Gasteiger partial charge in [-0.25, -0.2) is 4.79 Å². The van der Waals surface area contributed by atoms with Crippen LogP contribution in [0.2, 0.25) is 0 Å². The summed E-state index contributed by atoms with van der Waals surface area (Å²) < 4.78 is 0. The number of nitrogens with one attached hydrogen (secondary N) is 17. The third-order valence-electron chi connectivity index (χ3n) is 16.8. The van der Waals surface area contributed by atoms with E-state index in [0.29, 0.717) is 5.56 Å². The fourth-order valence-corrected chi connectivity index (χ4v) is 11.4. The Morgan fingerprint density at radius 3 is 1.21 bits per heavy atom. The first-order chi connectivity index (χ1) is 54.5. The normalized spacial score (nSPS) is 14.1. The second-order valence-corrected chi connectivity index (χ2v) is 30.4. The van der Waals surface area contributed by atoms with E-state index < -0.39 is 237 Å². The van der Waals surface area contributed by atoms with Crippen LogP contribution in [0.5, 0.6) is 5.75 Å². The van der Waals surface area contributed by atoms with E-state index in [1.807, 2.05) is 0 Å². The number of benzene rings is 1. The van der Waals surface area contributed by atoms with Gasteiger partial charge < -0.3 is 128 Å². The van der Waals surface area contributed by atoms with E-state index >= 15 is 0 Å². The summed E-state index contributed by atoms with van der Waals surface area (Å²) in [4.78, 5) is 242. The van der Waals surface area contributed by atoms with Gasteiger partial charge in [0, 0.05) is 13.0 Å².